The number of amides is 1. The predicted octanol–water partition coefficient (Wildman–Crippen LogP) is 3.94. The highest BCUT2D eigenvalue weighted by Crippen LogP contribution is 2.27. The lowest BCUT2D eigenvalue weighted by Gasteiger charge is -2.16. The number of carbonyl (C=O) groups excluding carboxylic acids is 1. The van der Waals surface area contributed by atoms with Crippen LogP contribution in [0, 0.1) is 5.82 Å². The van der Waals surface area contributed by atoms with E-state index < -0.39 is 5.82 Å². The Morgan fingerprint density at radius 1 is 1.38 bits per heavy atom. The van der Waals surface area contributed by atoms with Crippen LogP contribution in [0.3, 0.4) is 0 Å². The topological polar surface area (TPSA) is 61.0 Å². The Labute approximate surface area is 158 Å². The van der Waals surface area contributed by atoms with Crippen molar-refractivity contribution in [3.05, 3.63) is 58.2 Å². The number of benzene rings is 1. The van der Waals surface area contributed by atoms with E-state index >= 15 is 0 Å². The maximum Gasteiger partial charge on any atom is 0.253 e. The number of thiophene rings is 1. The number of nitrogens with one attached hydrogen (secondary N) is 2. The molecule has 0 spiro atoms. The molecule has 0 aliphatic carbocycles. The molecule has 1 atom stereocenters. The fourth-order valence-corrected chi connectivity index (χ4v) is 4.00. The van der Waals surface area contributed by atoms with Crippen LogP contribution in [-0.2, 0) is 0 Å². The number of aromatic nitrogens is 2. The van der Waals surface area contributed by atoms with Crippen LogP contribution in [0.15, 0.2) is 41.8 Å². The minimum atomic E-state index is -0.460. The smallest absolute Gasteiger partial charge is 0.253 e. The summed E-state index contributed by atoms with van der Waals surface area (Å²) in [6, 6.07) is 9.84. The zero-order chi connectivity index (χ0) is 18.1. The standard InChI is InChI=1S/C18H16ClFN4OS/c19-14-8-11(20)3-4-13(14)18(25)21-12-5-6-24(10-12)17-9-15(22-23-17)16-2-1-7-26-16/h1-4,7-9,12H,5-6,10H2,(H,21,25)(H,22,23)/t12-/m0/s1. The van der Waals surface area contributed by atoms with Crippen molar-refractivity contribution in [3.8, 4) is 10.6 Å². The second-order valence-corrected chi connectivity index (χ2v) is 7.50. The first-order valence-electron chi connectivity index (χ1n) is 8.20. The van der Waals surface area contributed by atoms with E-state index in [-0.39, 0.29) is 22.5 Å². The van der Waals surface area contributed by atoms with Gasteiger partial charge in [0.1, 0.15) is 5.82 Å². The monoisotopic (exact) mass is 390 g/mol. The molecule has 1 fully saturated rings. The van der Waals surface area contributed by atoms with E-state index in [2.05, 4.69) is 20.4 Å². The van der Waals surface area contributed by atoms with E-state index in [0.717, 1.165) is 35.4 Å². The van der Waals surface area contributed by atoms with Gasteiger partial charge in [-0.2, -0.15) is 5.10 Å². The van der Waals surface area contributed by atoms with Crippen LogP contribution in [0.1, 0.15) is 16.8 Å². The van der Waals surface area contributed by atoms with Crippen LogP contribution in [0.25, 0.3) is 10.6 Å². The summed E-state index contributed by atoms with van der Waals surface area (Å²) >= 11 is 7.62. The summed E-state index contributed by atoms with van der Waals surface area (Å²) in [5, 5.41) is 12.5. The van der Waals surface area contributed by atoms with Gasteiger partial charge in [-0.3, -0.25) is 9.89 Å². The summed E-state index contributed by atoms with van der Waals surface area (Å²) in [7, 11) is 0. The zero-order valence-corrected chi connectivity index (χ0v) is 15.3. The quantitative estimate of drug-likeness (QED) is 0.709. The van der Waals surface area contributed by atoms with Crippen molar-refractivity contribution in [3.63, 3.8) is 0 Å². The number of halogens is 2. The van der Waals surface area contributed by atoms with E-state index in [0.29, 0.717) is 6.54 Å². The Morgan fingerprint density at radius 3 is 3.04 bits per heavy atom. The third kappa shape index (κ3) is 3.45. The van der Waals surface area contributed by atoms with Gasteiger partial charge in [0.05, 0.1) is 21.2 Å². The van der Waals surface area contributed by atoms with Crippen molar-refractivity contribution >= 4 is 34.7 Å². The van der Waals surface area contributed by atoms with Crippen molar-refractivity contribution in [1.82, 2.24) is 15.5 Å². The number of hydrogen-bond acceptors (Lipinski definition) is 4. The molecule has 3 aromatic rings. The average Bonchev–Trinajstić information content (AvgIpc) is 3.35. The van der Waals surface area contributed by atoms with Gasteiger partial charge in [-0.25, -0.2) is 4.39 Å². The van der Waals surface area contributed by atoms with Crippen molar-refractivity contribution in [2.24, 2.45) is 0 Å². The Bertz CT molecular complexity index is 927. The van der Waals surface area contributed by atoms with Crippen molar-refractivity contribution < 1.29 is 9.18 Å². The molecule has 2 aromatic heterocycles. The highest BCUT2D eigenvalue weighted by atomic mass is 35.5. The molecule has 0 bridgehead atoms. The van der Waals surface area contributed by atoms with Gasteiger partial charge in [0.15, 0.2) is 5.82 Å². The molecule has 1 aliphatic rings. The van der Waals surface area contributed by atoms with E-state index in [1.54, 1.807) is 11.3 Å². The molecule has 3 heterocycles. The average molecular weight is 391 g/mol. The van der Waals surface area contributed by atoms with Crippen LogP contribution < -0.4 is 10.2 Å². The van der Waals surface area contributed by atoms with Gasteiger partial charge < -0.3 is 10.2 Å². The van der Waals surface area contributed by atoms with Crippen molar-refractivity contribution in [2.75, 3.05) is 18.0 Å². The fourth-order valence-electron chi connectivity index (χ4n) is 3.05. The summed E-state index contributed by atoms with van der Waals surface area (Å²) < 4.78 is 13.1. The first-order valence-corrected chi connectivity index (χ1v) is 9.46. The molecule has 1 aliphatic heterocycles. The number of H-pyrrole nitrogens is 1. The minimum absolute atomic E-state index is 0.00879. The molecule has 0 radical (unpaired) electrons. The van der Waals surface area contributed by atoms with Gasteiger partial charge in [-0.05, 0) is 36.1 Å². The molecule has 4 rings (SSSR count). The van der Waals surface area contributed by atoms with E-state index in [4.69, 9.17) is 11.6 Å². The van der Waals surface area contributed by atoms with Crippen LogP contribution in [-0.4, -0.2) is 35.2 Å². The van der Waals surface area contributed by atoms with Crippen molar-refractivity contribution in [2.45, 2.75) is 12.5 Å². The van der Waals surface area contributed by atoms with E-state index in [1.165, 1.54) is 12.1 Å². The number of carbonyl (C=O) groups is 1. The predicted molar refractivity (Wildman–Crippen MR) is 101 cm³/mol. The molecule has 2 N–H and O–H groups in total. The van der Waals surface area contributed by atoms with E-state index in [1.807, 2.05) is 23.6 Å². The molecule has 5 nitrogen and oxygen atoms in total. The Morgan fingerprint density at radius 2 is 2.27 bits per heavy atom. The van der Waals surface area contributed by atoms with Crippen LogP contribution in [0.5, 0.6) is 0 Å². The van der Waals surface area contributed by atoms with Gasteiger partial charge in [-0.15, -0.1) is 11.3 Å². The number of aromatic amines is 1. The summed E-state index contributed by atoms with van der Waals surface area (Å²) in [5.41, 5.74) is 1.27. The lowest BCUT2D eigenvalue weighted by molar-refractivity contribution is 0.0940. The molecule has 1 aromatic carbocycles. The third-order valence-corrected chi connectivity index (χ3v) is 5.59. The summed E-state index contributed by atoms with van der Waals surface area (Å²) in [4.78, 5) is 15.6. The Balaban J connectivity index is 1.40. The molecule has 1 amide bonds. The van der Waals surface area contributed by atoms with Gasteiger partial charge in [0, 0.05) is 25.2 Å². The first kappa shape index (κ1) is 17.1. The maximum atomic E-state index is 13.1. The van der Waals surface area contributed by atoms with Gasteiger partial charge in [0.2, 0.25) is 0 Å². The highest BCUT2D eigenvalue weighted by molar-refractivity contribution is 7.13. The molecule has 8 heteroatoms. The second kappa shape index (κ2) is 7.09. The second-order valence-electron chi connectivity index (χ2n) is 6.15. The van der Waals surface area contributed by atoms with Gasteiger partial charge in [-0.1, -0.05) is 17.7 Å². The molecular weight excluding hydrogens is 375 g/mol. The first-order chi connectivity index (χ1) is 12.6. The Hall–Kier alpha value is -2.38. The number of nitrogens with zero attached hydrogens (tertiary/aromatic N) is 2. The zero-order valence-electron chi connectivity index (χ0n) is 13.7. The number of rotatable bonds is 4. The number of anilines is 1. The minimum Gasteiger partial charge on any atom is -0.353 e. The lowest BCUT2D eigenvalue weighted by atomic mass is 10.2. The Kier molecular flexibility index (Phi) is 4.65. The van der Waals surface area contributed by atoms with E-state index in [9.17, 15) is 9.18 Å². The lowest BCUT2D eigenvalue weighted by Crippen LogP contribution is -2.37. The summed E-state index contributed by atoms with van der Waals surface area (Å²) in [6.45, 7) is 1.47. The molecule has 26 heavy (non-hydrogen) atoms. The summed E-state index contributed by atoms with van der Waals surface area (Å²) in [5.74, 6) is 0.117. The molecule has 1 saturated heterocycles. The molecular formula is C18H16ClFN4OS. The van der Waals surface area contributed by atoms with Crippen LogP contribution in [0.4, 0.5) is 10.2 Å². The van der Waals surface area contributed by atoms with Crippen LogP contribution >= 0.6 is 22.9 Å². The third-order valence-electron chi connectivity index (χ3n) is 4.37. The number of hydrogen-bond donors (Lipinski definition) is 2. The van der Waals surface area contributed by atoms with Crippen molar-refractivity contribution in [1.29, 1.82) is 0 Å². The maximum absolute atomic E-state index is 13.1. The molecule has 0 saturated carbocycles. The van der Waals surface area contributed by atoms with Gasteiger partial charge in [0.25, 0.3) is 5.91 Å². The molecule has 134 valence electrons. The largest absolute Gasteiger partial charge is 0.353 e. The normalized spacial score (nSPS) is 16.8. The van der Waals surface area contributed by atoms with Gasteiger partial charge >= 0.3 is 0 Å². The molecule has 0 unspecified atom stereocenters. The highest BCUT2D eigenvalue weighted by Gasteiger charge is 2.26. The fraction of sp³-hybridized carbons (Fsp3) is 0.222. The van der Waals surface area contributed by atoms with Crippen LogP contribution in [0.2, 0.25) is 5.02 Å². The summed E-state index contributed by atoms with van der Waals surface area (Å²) in [6.07, 6.45) is 0.811. The SMILES string of the molecule is O=C(N[C@H]1CCN(c2cc(-c3cccs3)[nH]n2)C1)c1ccc(F)cc1Cl.